The molecule has 1 N–H and O–H groups in total. The molecule has 0 aliphatic carbocycles. The van der Waals surface area contributed by atoms with Gasteiger partial charge in [0.15, 0.2) is 0 Å². The molecular weight excluding hydrogens is 226 g/mol. The van der Waals surface area contributed by atoms with E-state index in [1.165, 1.54) is 0 Å². The third kappa shape index (κ3) is 1.64. The number of hydrogen-bond donors (Lipinski definition) is 1. The minimum Gasteiger partial charge on any atom is -0.457 e. The van der Waals surface area contributed by atoms with Crippen LogP contribution in [-0.2, 0) is 6.42 Å². The van der Waals surface area contributed by atoms with Crippen molar-refractivity contribution in [2.75, 3.05) is 7.05 Å². The maximum absolute atomic E-state index is 11.8. The SMILES string of the molecule is CNC(=O)c1cccc2c1Cc1ccccc1O2. The lowest BCUT2D eigenvalue weighted by Gasteiger charge is -2.21. The van der Waals surface area contributed by atoms with Crippen molar-refractivity contribution in [2.45, 2.75) is 6.42 Å². The molecule has 0 saturated heterocycles. The fourth-order valence-electron chi connectivity index (χ4n) is 2.25. The van der Waals surface area contributed by atoms with Gasteiger partial charge in [-0.05, 0) is 23.8 Å². The van der Waals surface area contributed by atoms with Crippen LogP contribution in [-0.4, -0.2) is 13.0 Å². The van der Waals surface area contributed by atoms with Crippen LogP contribution in [0.4, 0.5) is 0 Å². The standard InChI is InChI=1S/C15H13NO2/c1-16-15(17)11-6-4-8-14-12(11)9-10-5-2-3-7-13(10)18-14/h2-8H,9H2,1H3,(H,16,17). The normalized spacial score (nSPS) is 12.1. The fraction of sp³-hybridized carbons (Fsp3) is 0.133. The average Bonchev–Trinajstić information content (AvgIpc) is 2.43. The van der Waals surface area contributed by atoms with Crippen LogP contribution < -0.4 is 10.1 Å². The summed E-state index contributed by atoms with van der Waals surface area (Å²) < 4.78 is 5.83. The summed E-state index contributed by atoms with van der Waals surface area (Å²) >= 11 is 0. The number of para-hydroxylation sites is 1. The second kappa shape index (κ2) is 4.18. The number of ether oxygens (including phenoxy) is 1. The molecular formula is C15H13NO2. The topological polar surface area (TPSA) is 38.3 Å². The van der Waals surface area contributed by atoms with Crippen LogP contribution in [0.25, 0.3) is 0 Å². The Kier molecular flexibility index (Phi) is 2.52. The second-order valence-electron chi connectivity index (χ2n) is 4.25. The minimum atomic E-state index is -0.0742. The van der Waals surface area contributed by atoms with Crippen LogP contribution in [0.5, 0.6) is 11.5 Å². The molecule has 1 aliphatic heterocycles. The first-order valence-electron chi connectivity index (χ1n) is 5.89. The van der Waals surface area contributed by atoms with E-state index >= 15 is 0 Å². The molecule has 1 aliphatic rings. The van der Waals surface area contributed by atoms with Crippen molar-refractivity contribution < 1.29 is 9.53 Å². The highest BCUT2D eigenvalue weighted by Gasteiger charge is 2.21. The van der Waals surface area contributed by atoms with E-state index in [-0.39, 0.29) is 5.91 Å². The van der Waals surface area contributed by atoms with E-state index in [1.54, 1.807) is 7.05 Å². The van der Waals surface area contributed by atoms with E-state index in [1.807, 2.05) is 42.5 Å². The predicted molar refractivity (Wildman–Crippen MR) is 69.2 cm³/mol. The largest absolute Gasteiger partial charge is 0.457 e. The summed E-state index contributed by atoms with van der Waals surface area (Å²) in [4.78, 5) is 11.8. The van der Waals surface area contributed by atoms with Gasteiger partial charge in [0.25, 0.3) is 5.91 Å². The molecule has 18 heavy (non-hydrogen) atoms. The third-order valence-corrected chi connectivity index (χ3v) is 3.16. The second-order valence-corrected chi connectivity index (χ2v) is 4.25. The Balaban J connectivity index is 2.10. The van der Waals surface area contributed by atoms with Crippen molar-refractivity contribution >= 4 is 5.91 Å². The smallest absolute Gasteiger partial charge is 0.251 e. The summed E-state index contributed by atoms with van der Waals surface area (Å²) in [6, 6.07) is 13.5. The molecule has 0 bridgehead atoms. The maximum Gasteiger partial charge on any atom is 0.251 e. The van der Waals surface area contributed by atoms with Crippen molar-refractivity contribution in [1.29, 1.82) is 0 Å². The first-order chi connectivity index (χ1) is 8.79. The van der Waals surface area contributed by atoms with Crippen molar-refractivity contribution in [1.82, 2.24) is 5.32 Å². The quantitative estimate of drug-likeness (QED) is 0.709. The summed E-state index contributed by atoms with van der Waals surface area (Å²) in [6.07, 6.45) is 0.731. The number of carbonyl (C=O) groups excluding carboxylic acids is 1. The van der Waals surface area contributed by atoms with Gasteiger partial charge in [0.2, 0.25) is 0 Å². The van der Waals surface area contributed by atoms with Gasteiger partial charge in [-0.25, -0.2) is 0 Å². The molecule has 2 aromatic carbocycles. The summed E-state index contributed by atoms with van der Waals surface area (Å²) in [5, 5.41) is 2.66. The number of rotatable bonds is 1. The number of amides is 1. The zero-order valence-electron chi connectivity index (χ0n) is 10.1. The Morgan fingerprint density at radius 2 is 1.89 bits per heavy atom. The summed E-state index contributed by atoms with van der Waals surface area (Å²) in [7, 11) is 1.64. The molecule has 90 valence electrons. The van der Waals surface area contributed by atoms with E-state index in [4.69, 9.17) is 4.74 Å². The van der Waals surface area contributed by atoms with Gasteiger partial charge in [-0.2, -0.15) is 0 Å². The average molecular weight is 239 g/mol. The molecule has 0 unspecified atom stereocenters. The lowest BCUT2D eigenvalue weighted by molar-refractivity contribution is 0.0962. The maximum atomic E-state index is 11.8. The fourth-order valence-corrected chi connectivity index (χ4v) is 2.25. The van der Waals surface area contributed by atoms with Gasteiger partial charge in [0.1, 0.15) is 11.5 Å². The van der Waals surface area contributed by atoms with Gasteiger partial charge in [-0.1, -0.05) is 24.3 Å². The van der Waals surface area contributed by atoms with Crippen molar-refractivity contribution in [3.8, 4) is 11.5 Å². The van der Waals surface area contributed by atoms with E-state index in [2.05, 4.69) is 5.32 Å². The zero-order chi connectivity index (χ0) is 12.5. The molecule has 2 aromatic rings. The number of fused-ring (bicyclic) bond motifs is 2. The van der Waals surface area contributed by atoms with Gasteiger partial charge < -0.3 is 10.1 Å². The first-order valence-corrected chi connectivity index (χ1v) is 5.89. The van der Waals surface area contributed by atoms with E-state index in [9.17, 15) is 4.79 Å². The van der Waals surface area contributed by atoms with Crippen LogP contribution in [0.2, 0.25) is 0 Å². The Hall–Kier alpha value is -2.29. The van der Waals surface area contributed by atoms with Crippen LogP contribution in [0.15, 0.2) is 42.5 Å². The molecule has 3 rings (SSSR count). The predicted octanol–water partition coefficient (Wildman–Crippen LogP) is 2.74. The summed E-state index contributed by atoms with van der Waals surface area (Å²) in [5.74, 6) is 1.57. The van der Waals surface area contributed by atoms with Crippen LogP contribution in [0.1, 0.15) is 21.5 Å². The molecule has 0 atom stereocenters. The van der Waals surface area contributed by atoms with Gasteiger partial charge >= 0.3 is 0 Å². The Morgan fingerprint density at radius 1 is 1.11 bits per heavy atom. The Morgan fingerprint density at radius 3 is 2.72 bits per heavy atom. The number of carbonyl (C=O) groups is 1. The van der Waals surface area contributed by atoms with Gasteiger partial charge in [-0.3, -0.25) is 4.79 Å². The zero-order valence-corrected chi connectivity index (χ0v) is 10.1. The first kappa shape index (κ1) is 10.8. The minimum absolute atomic E-state index is 0.0742. The molecule has 3 heteroatoms. The highest BCUT2D eigenvalue weighted by Crippen LogP contribution is 2.37. The molecule has 0 radical (unpaired) electrons. The number of hydrogen-bond acceptors (Lipinski definition) is 2. The molecule has 0 spiro atoms. The van der Waals surface area contributed by atoms with E-state index in [0.29, 0.717) is 5.56 Å². The molecule has 1 heterocycles. The van der Waals surface area contributed by atoms with Crippen molar-refractivity contribution in [3.63, 3.8) is 0 Å². The van der Waals surface area contributed by atoms with Gasteiger partial charge in [0, 0.05) is 24.6 Å². The molecule has 1 amide bonds. The Bertz CT molecular complexity index is 620. The van der Waals surface area contributed by atoms with E-state index < -0.39 is 0 Å². The lowest BCUT2D eigenvalue weighted by Crippen LogP contribution is -2.20. The molecule has 0 fully saturated rings. The van der Waals surface area contributed by atoms with Gasteiger partial charge in [-0.15, -0.1) is 0 Å². The van der Waals surface area contributed by atoms with Crippen LogP contribution >= 0.6 is 0 Å². The summed E-state index contributed by atoms with van der Waals surface area (Å²) in [5.41, 5.74) is 2.75. The van der Waals surface area contributed by atoms with Crippen LogP contribution in [0, 0.1) is 0 Å². The molecule has 0 aromatic heterocycles. The van der Waals surface area contributed by atoms with E-state index in [0.717, 1.165) is 29.0 Å². The monoisotopic (exact) mass is 239 g/mol. The molecule has 3 nitrogen and oxygen atoms in total. The van der Waals surface area contributed by atoms with Crippen molar-refractivity contribution in [3.05, 3.63) is 59.2 Å². The Labute approximate surface area is 105 Å². The summed E-state index contributed by atoms with van der Waals surface area (Å²) in [6.45, 7) is 0. The number of nitrogens with one attached hydrogen (secondary N) is 1. The number of benzene rings is 2. The van der Waals surface area contributed by atoms with Gasteiger partial charge in [0.05, 0.1) is 0 Å². The lowest BCUT2D eigenvalue weighted by atomic mass is 9.95. The molecule has 0 saturated carbocycles. The highest BCUT2D eigenvalue weighted by atomic mass is 16.5. The highest BCUT2D eigenvalue weighted by molar-refractivity contribution is 5.96. The van der Waals surface area contributed by atoms with Crippen molar-refractivity contribution in [2.24, 2.45) is 0 Å². The third-order valence-electron chi connectivity index (χ3n) is 3.16. The van der Waals surface area contributed by atoms with Crippen LogP contribution in [0.3, 0.4) is 0 Å².